The third kappa shape index (κ3) is 7.34. The largest absolute Gasteiger partial charge is 0 e. The van der Waals surface area contributed by atoms with Gasteiger partial charge in [0, 0.05) is 21.7 Å². The molecule has 0 unspecified atom stereocenters. The second-order valence-electron chi connectivity index (χ2n) is 2.48. The van der Waals surface area contributed by atoms with E-state index in [2.05, 4.69) is 0 Å². The van der Waals surface area contributed by atoms with Crippen LogP contribution < -0.4 is 0 Å². The third-order valence-electron chi connectivity index (χ3n) is 1.51. The van der Waals surface area contributed by atoms with Crippen molar-refractivity contribution < 1.29 is 52.4 Å². The van der Waals surface area contributed by atoms with Crippen molar-refractivity contribution in [3.8, 4) is 0 Å². The zero-order valence-corrected chi connectivity index (χ0v) is 8.47. The average molecular weight is 369 g/mol. The van der Waals surface area contributed by atoms with E-state index in [-0.39, 0.29) is 70.6 Å². The molecule has 0 aliphatic heterocycles. The van der Waals surface area contributed by atoms with Crippen LogP contribution in [0.3, 0.4) is 0 Å². The zero-order valence-electron chi connectivity index (χ0n) is 6.91. The SMILES string of the molecule is OC[C@@H](O)[C@@H](O)[C@H](O)[C@@H](O)CO.[BaH2].[Ti]. The van der Waals surface area contributed by atoms with Crippen LogP contribution in [0.4, 0.5) is 0 Å². The summed E-state index contributed by atoms with van der Waals surface area (Å²) in [6.45, 7) is -1.45. The molecule has 0 aromatic heterocycles. The Kier molecular flexibility index (Phi) is 17.6. The second-order valence-corrected chi connectivity index (χ2v) is 2.48. The fraction of sp³-hybridized carbons (Fsp3) is 1.00. The smallest absolute Gasteiger partial charge is 0 e. The second kappa shape index (κ2) is 11.5. The summed E-state index contributed by atoms with van der Waals surface area (Å²) in [7, 11) is 0. The molecule has 0 amide bonds. The van der Waals surface area contributed by atoms with E-state index in [1.165, 1.54) is 0 Å². The van der Waals surface area contributed by atoms with Crippen LogP contribution in [0.15, 0.2) is 0 Å². The van der Waals surface area contributed by atoms with Gasteiger partial charge in [0.1, 0.15) is 24.4 Å². The molecule has 0 aromatic rings. The van der Waals surface area contributed by atoms with Crippen LogP contribution in [0.25, 0.3) is 0 Å². The molecule has 14 heavy (non-hydrogen) atoms. The minimum Gasteiger partial charge on any atom is 0 e. The van der Waals surface area contributed by atoms with Crippen molar-refractivity contribution in [1.29, 1.82) is 0 Å². The van der Waals surface area contributed by atoms with E-state index in [1.807, 2.05) is 0 Å². The Bertz CT molecular complexity index is 115. The number of hydrogen-bond donors (Lipinski definition) is 6. The van der Waals surface area contributed by atoms with Crippen molar-refractivity contribution in [2.24, 2.45) is 0 Å². The van der Waals surface area contributed by atoms with Gasteiger partial charge in [-0.15, -0.1) is 0 Å². The van der Waals surface area contributed by atoms with E-state index in [9.17, 15) is 0 Å². The maximum atomic E-state index is 8.96. The Morgan fingerprint density at radius 1 is 0.714 bits per heavy atom. The monoisotopic (exact) mass is 370 g/mol. The molecule has 8 heteroatoms. The van der Waals surface area contributed by atoms with Crippen LogP contribution >= 0.6 is 0 Å². The van der Waals surface area contributed by atoms with E-state index in [0.29, 0.717) is 0 Å². The molecule has 4 atom stereocenters. The molecule has 0 saturated carbocycles. The number of aliphatic hydroxyl groups is 6. The molecule has 82 valence electrons. The number of rotatable bonds is 5. The summed E-state index contributed by atoms with van der Waals surface area (Å²) in [6.07, 6.45) is -6.39. The summed E-state index contributed by atoms with van der Waals surface area (Å²) in [4.78, 5) is 0. The molecule has 0 fully saturated rings. The van der Waals surface area contributed by atoms with Gasteiger partial charge >= 0.3 is 48.9 Å². The summed E-state index contributed by atoms with van der Waals surface area (Å²) >= 11 is 0. The van der Waals surface area contributed by atoms with E-state index in [0.717, 1.165) is 0 Å². The van der Waals surface area contributed by atoms with Crippen molar-refractivity contribution in [2.75, 3.05) is 13.2 Å². The molecule has 0 spiro atoms. The Morgan fingerprint density at radius 2 is 0.929 bits per heavy atom. The number of hydrogen-bond acceptors (Lipinski definition) is 6. The van der Waals surface area contributed by atoms with Gasteiger partial charge in [0.25, 0.3) is 0 Å². The van der Waals surface area contributed by atoms with E-state index >= 15 is 0 Å². The van der Waals surface area contributed by atoms with Crippen LogP contribution in [0.2, 0.25) is 0 Å². The van der Waals surface area contributed by atoms with Crippen molar-refractivity contribution in [2.45, 2.75) is 24.4 Å². The van der Waals surface area contributed by atoms with Gasteiger partial charge < -0.3 is 30.6 Å². The molecule has 0 radical (unpaired) electrons. The molecule has 0 bridgehead atoms. The fourth-order valence-corrected chi connectivity index (χ4v) is 0.671. The summed E-state index contributed by atoms with van der Waals surface area (Å²) in [6, 6.07) is 0. The zero-order chi connectivity index (χ0) is 9.72. The van der Waals surface area contributed by atoms with Crippen molar-refractivity contribution >= 4 is 48.9 Å². The van der Waals surface area contributed by atoms with Gasteiger partial charge in [0.2, 0.25) is 0 Å². The Hall–Kier alpha value is 2.05. The number of aliphatic hydroxyl groups excluding tert-OH is 6. The topological polar surface area (TPSA) is 121 Å². The molecule has 6 nitrogen and oxygen atoms in total. The van der Waals surface area contributed by atoms with Crippen LogP contribution in [-0.2, 0) is 21.7 Å². The van der Waals surface area contributed by atoms with Crippen molar-refractivity contribution in [1.82, 2.24) is 0 Å². The molecule has 0 aliphatic carbocycles. The minimum absolute atomic E-state index is 0. The predicted molar refractivity (Wildman–Crippen MR) is 46.7 cm³/mol. The van der Waals surface area contributed by atoms with Gasteiger partial charge in [0.15, 0.2) is 0 Å². The quantitative estimate of drug-likeness (QED) is 0.272. The van der Waals surface area contributed by atoms with Crippen LogP contribution in [0, 0.1) is 0 Å². The van der Waals surface area contributed by atoms with Crippen LogP contribution in [0.5, 0.6) is 0 Å². The molecule has 6 N–H and O–H groups in total. The van der Waals surface area contributed by atoms with Gasteiger partial charge in [0.05, 0.1) is 13.2 Å². The van der Waals surface area contributed by atoms with Gasteiger partial charge in [-0.05, 0) is 0 Å². The van der Waals surface area contributed by atoms with Crippen LogP contribution in [-0.4, -0.2) is 117 Å². The third-order valence-corrected chi connectivity index (χ3v) is 1.51. The first-order valence-electron chi connectivity index (χ1n) is 3.48. The Balaban J connectivity index is -0.000000605. The van der Waals surface area contributed by atoms with Gasteiger partial charge in [-0.25, -0.2) is 0 Å². The standard InChI is InChI=1S/C6H14O6.Ba.Ti.2H/c7-1-3(9)5(11)6(12)4(10)2-8;;;;/h3-12H,1-2H2;;;;/t3-,4+,5-,6-;;;;/m1..../s1. The van der Waals surface area contributed by atoms with Gasteiger partial charge in [-0.1, -0.05) is 0 Å². The fourth-order valence-electron chi connectivity index (χ4n) is 0.671. The molecule has 0 heterocycles. The van der Waals surface area contributed by atoms with E-state index in [1.54, 1.807) is 0 Å². The normalized spacial score (nSPS) is 18.4. The van der Waals surface area contributed by atoms with Gasteiger partial charge in [-0.3, -0.25) is 0 Å². The predicted octanol–water partition coefficient (Wildman–Crippen LogP) is -4.50. The molecular formula is C6H16BaO6Ti. The molecule has 0 rings (SSSR count). The van der Waals surface area contributed by atoms with E-state index < -0.39 is 37.6 Å². The first-order valence-corrected chi connectivity index (χ1v) is 3.48. The minimum atomic E-state index is -1.67. The summed E-state index contributed by atoms with van der Waals surface area (Å²) in [5, 5.41) is 52.2. The van der Waals surface area contributed by atoms with Crippen molar-refractivity contribution in [3.05, 3.63) is 0 Å². The summed E-state index contributed by atoms with van der Waals surface area (Å²) < 4.78 is 0. The van der Waals surface area contributed by atoms with E-state index in [4.69, 9.17) is 30.6 Å². The summed E-state index contributed by atoms with van der Waals surface area (Å²) in [5.41, 5.74) is 0. The molecule has 0 saturated heterocycles. The maximum absolute atomic E-state index is 8.96. The first kappa shape index (κ1) is 21.3. The molecule has 0 aliphatic rings. The summed E-state index contributed by atoms with van der Waals surface area (Å²) in [5.74, 6) is 0. The molecule has 0 aromatic carbocycles. The van der Waals surface area contributed by atoms with Crippen LogP contribution in [0.1, 0.15) is 0 Å². The average Bonchev–Trinajstić information content (AvgIpc) is 2.12. The Labute approximate surface area is 137 Å². The van der Waals surface area contributed by atoms with Crippen molar-refractivity contribution in [3.63, 3.8) is 0 Å². The Morgan fingerprint density at radius 3 is 1.07 bits per heavy atom. The maximum Gasteiger partial charge on any atom is 0 e. The molecular weight excluding hydrogens is 353 g/mol. The first-order chi connectivity index (χ1) is 5.54. The van der Waals surface area contributed by atoms with Gasteiger partial charge in [-0.2, -0.15) is 0 Å².